The third-order valence-electron chi connectivity index (χ3n) is 2.58. The second-order valence-electron chi connectivity index (χ2n) is 3.55. The summed E-state index contributed by atoms with van der Waals surface area (Å²) in [6.07, 6.45) is 1.44. The first-order chi connectivity index (χ1) is 6.20. The van der Waals surface area contributed by atoms with Gasteiger partial charge in [-0.3, -0.25) is 4.68 Å². The fraction of sp³-hybridized carbons (Fsp3) is 0.667. The summed E-state index contributed by atoms with van der Waals surface area (Å²) < 4.78 is 7.03. The van der Waals surface area contributed by atoms with Gasteiger partial charge in [0.25, 0.3) is 0 Å². The third kappa shape index (κ3) is 1.36. The highest BCUT2D eigenvalue weighted by Crippen LogP contribution is 2.27. The first kappa shape index (κ1) is 8.72. The van der Waals surface area contributed by atoms with Gasteiger partial charge < -0.3 is 9.84 Å². The summed E-state index contributed by atoms with van der Waals surface area (Å²) in [5, 5.41) is 13.8. The Morgan fingerprint density at radius 2 is 2.38 bits per heavy atom. The molecule has 2 rings (SSSR count). The van der Waals surface area contributed by atoms with Gasteiger partial charge in [0, 0.05) is 12.7 Å². The van der Waals surface area contributed by atoms with Crippen LogP contribution in [0, 0.1) is 6.92 Å². The average Bonchev–Trinajstić information content (AvgIpc) is 2.60. The van der Waals surface area contributed by atoms with Crippen LogP contribution >= 0.6 is 0 Å². The van der Waals surface area contributed by atoms with Gasteiger partial charge >= 0.3 is 0 Å². The van der Waals surface area contributed by atoms with Crippen LogP contribution in [0.15, 0.2) is 6.20 Å². The van der Waals surface area contributed by atoms with E-state index in [4.69, 9.17) is 4.74 Å². The molecule has 13 heavy (non-hydrogen) atoms. The van der Waals surface area contributed by atoms with Crippen LogP contribution in [-0.2, 0) is 11.8 Å². The molecule has 72 valence electrons. The number of rotatable bonds is 1. The second-order valence-corrected chi connectivity index (χ2v) is 3.55. The van der Waals surface area contributed by atoms with Crippen molar-refractivity contribution in [1.29, 1.82) is 0 Å². The fourth-order valence-corrected chi connectivity index (χ4v) is 1.89. The lowest BCUT2D eigenvalue weighted by molar-refractivity contribution is 0.124. The topological polar surface area (TPSA) is 47.3 Å². The SMILES string of the molecule is Cc1cnn(C)c1C1COCC1O. The number of nitrogens with zero attached hydrogens (tertiary/aromatic N) is 2. The standard InChI is InChI=1S/C9H14N2O2/c1-6-3-10-11(2)9(6)7-4-13-5-8(7)12/h3,7-8,12H,4-5H2,1-2H3. The molecule has 1 fully saturated rings. The van der Waals surface area contributed by atoms with Gasteiger partial charge in [-0.15, -0.1) is 0 Å². The van der Waals surface area contributed by atoms with E-state index in [1.54, 1.807) is 0 Å². The van der Waals surface area contributed by atoms with Crippen molar-refractivity contribution in [3.05, 3.63) is 17.5 Å². The number of hydrogen-bond donors (Lipinski definition) is 1. The molecule has 1 N–H and O–H groups in total. The van der Waals surface area contributed by atoms with Crippen molar-refractivity contribution in [3.8, 4) is 0 Å². The van der Waals surface area contributed by atoms with Gasteiger partial charge in [-0.05, 0) is 12.5 Å². The van der Waals surface area contributed by atoms with Gasteiger partial charge in [0.2, 0.25) is 0 Å². The molecule has 0 radical (unpaired) electrons. The van der Waals surface area contributed by atoms with Crippen molar-refractivity contribution in [3.63, 3.8) is 0 Å². The van der Waals surface area contributed by atoms with E-state index in [1.807, 2.05) is 24.9 Å². The second kappa shape index (κ2) is 3.12. The Balaban J connectivity index is 2.33. The van der Waals surface area contributed by atoms with Crippen LogP contribution in [0.3, 0.4) is 0 Å². The van der Waals surface area contributed by atoms with Crippen LogP contribution in [0.2, 0.25) is 0 Å². The zero-order chi connectivity index (χ0) is 9.42. The predicted octanol–water partition coefficient (Wildman–Crippen LogP) is 0.203. The highest BCUT2D eigenvalue weighted by molar-refractivity contribution is 5.22. The number of aliphatic hydroxyl groups excluding tert-OH is 1. The Bertz CT molecular complexity index is 289. The summed E-state index contributed by atoms with van der Waals surface area (Å²) >= 11 is 0. The Kier molecular flexibility index (Phi) is 2.09. The van der Waals surface area contributed by atoms with Crippen LogP contribution in [0.5, 0.6) is 0 Å². The van der Waals surface area contributed by atoms with Crippen LogP contribution in [0.1, 0.15) is 17.2 Å². The molecule has 2 unspecified atom stereocenters. The van der Waals surface area contributed by atoms with Crippen molar-refractivity contribution in [2.45, 2.75) is 18.9 Å². The molecular weight excluding hydrogens is 168 g/mol. The van der Waals surface area contributed by atoms with E-state index < -0.39 is 0 Å². The average molecular weight is 182 g/mol. The van der Waals surface area contributed by atoms with Crippen molar-refractivity contribution < 1.29 is 9.84 Å². The number of aryl methyl sites for hydroxylation is 2. The predicted molar refractivity (Wildman–Crippen MR) is 47.5 cm³/mol. The maximum Gasteiger partial charge on any atom is 0.0879 e. The molecule has 2 heterocycles. The van der Waals surface area contributed by atoms with E-state index in [2.05, 4.69) is 5.10 Å². The van der Waals surface area contributed by atoms with Gasteiger partial charge in [0.1, 0.15) is 0 Å². The van der Waals surface area contributed by atoms with Gasteiger partial charge in [-0.25, -0.2) is 0 Å². The Morgan fingerprint density at radius 1 is 1.62 bits per heavy atom. The number of aliphatic hydroxyl groups is 1. The molecule has 2 atom stereocenters. The van der Waals surface area contributed by atoms with E-state index in [0.29, 0.717) is 13.2 Å². The Morgan fingerprint density at radius 3 is 2.85 bits per heavy atom. The van der Waals surface area contributed by atoms with E-state index in [9.17, 15) is 5.11 Å². The molecule has 0 bridgehead atoms. The maximum absolute atomic E-state index is 9.64. The smallest absolute Gasteiger partial charge is 0.0879 e. The lowest BCUT2D eigenvalue weighted by atomic mass is 9.99. The number of ether oxygens (including phenoxy) is 1. The van der Waals surface area contributed by atoms with Gasteiger partial charge in [0.05, 0.1) is 31.4 Å². The van der Waals surface area contributed by atoms with Crippen molar-refractivity contribution in [2.24, 2.45) is 7.05 Å². The largest absolute Gasteiger partial charge is 0.390 e. The lowest BCUT2D eigenvalue weighted by Crippen LogP contribution is -2.19. The number of aromatic nitrogens is 2. The molecule has 0 saturated carbocycles. The van der Waals surface area contributed by atoms with Crippen LogP contribution < -0.4 is 0 Å². The summed E-state index contributed by atoms with van der Waals surface area (Å²) in [7, 11) is 1.90. The van der Waals surface area contributed by atoms with Crippen molar-refractivity contribution >= 4 is 0 Å². The molecule has 1 aliphatic rings. The molecule has 4 nitrogen and oxygen atoms in total. The molecule has 1 aliphatic heterocycles. The minimum absolute atomic E-state index is 0.0903. The minimum Gasteiger partial charge on any atom is -0.390 e. The molecule has 0 aromatic carbocycles. The Hall–Kier alpha value is -0.870. The van der Waals surface area contributed by atoms with Crippen molar-refractivity contribution in [1.82, 2.24) is 9.78 Å². The summed E-state index contributed by atoms with van der Waals surface area (Å²) in [4.78, 5) is 0. The van der Waals surface area contributed by atoms with E-state index in [1.165, 1.54) is 0 Å². The van der Waals surface area contributed by atoms with Crippen LogP contribution in [0.4, 0.5) is 0 Å². The third-order valence-corrected chi connectivity index (χ3v) is 2.58. The normalized spacial score (nSPS) is 28.2. The molecule has 0 spiro atoms. The molecule has 4 heteroatoms. The molecule has 1 aromatic rings. The maximum atomic E-state index is 9.64. The van der Waals surface area contributed by atoms with Gasteiger partial charge in [0.15, 0.2) is 0 Å². The lowest BCUT2D eigenvalue weighted by Gasteiger charge is -2.13. The molecule has 0 aliphatic carbocycles. The van der Waals surface area contributed by atoms with Crippen molar-refractivity contribution in [2.75, 3.05) is 13.2 Å². The van der Waals surface area contributed by atoms with Crippen LogP contribution in [0.25, 0.3) is 0 Å². The van der Waals surface area contributed by atoms with Gasteiger partial charge in [-0.1, -0.05) is 0 Å². The zero-order valence-corrected chi connectivity index (χ0v) is 7.90. The minimum atomic E-state index is -0.380. The molecule has 1 aromatic heterocycles. The summed E-state index contributed by atoms with van der Waals surface area (Å²) in [5.41, 5.74) is 2.21. The zero-order valence-electron chi connectivity index (χ0n) is 7.90. The first-order valence-electron chi connectivity index (χ1n) is 4.44. The monoisotopic (exact) mass is 182 g/mol. The molecular formula is C9H14N2O2. The van der Waals surface area contributed by atoms with Crippen LogP contribution in [-0.4, -0.2) is 34.2 Å². The number of hydrogen-bond acceptors (Lipinski definition) is 3. The van der Waals surface area contributed by atoms with Gasteiger partial charge in [-0.2, -0.15) is 5.10 Å². The first-order valence-corrected chi connectivity index (χ1v) is 4.44. The molecule has 1 saturated heterocycles. The molecule has 0 amide bonds. The van der Waals surface area contributed by atoms with E-state index in [-0.39, 0.29) is 12.0 Å². The summed E-state index contributed by atoms with van der Waals surface area (Å²) in [6, 6.07) is 0. The van der Waals surface area contributed by atoms with E-state index in [0.717, 1.165) is 11.3 Å². The Labute approximate surface area is 77.1 Å². The fourth-order valence-electron chi connectivity index (χ4n) is 1.89. The highest BCUT2D eigenvalue weighted by atomic mass is 16.5. The summed E-state index contributed by atoms with van der Waals surface area (Å²) in [5.74, 6) is 0.0903. The highest BCUT2D eigenvalue weighted by Gasteiger charge is 2.30. The van der Waals surface area contributed by atoms with E-state index >= 15 is 0 Å². The summed E-state index contributed by atoms with van der Waals surface area (Å²) in [6.45, 7) is 3.05. The quantitative estimate of drug-likeness (QED) is 0.675.